The van der Waals surface area contributed by atoms with E-state index in [1.165, 1.54) is 6.08 Å². The summed E-state index contributed by atoms with van der Waals surface area (Å²) in [5, 5.41) is 11.1. The average Bonchev–Trinajstić information content (AvgIpc) is 2.52. The van der Waals surface area contributed by atoms with Crippen molar-refractivity contribution in [2.24, 2.45) is 5.92 Å². The Morgan fingerprint density at radius 1 is 1.12 bits per heavy atom. The van der Waals surface area contributed by atoms with Gasteiger partial charge in [0.2, 0.25) is 5.79 Å². The van der Waals surface area contributed by atoms with Crippen molar-refractivity contribution in [1.82, 2.24) is 0 Å². The number of carbonyl (C=O) groups excluding carboxylic acids is 1. The molecule has 128 valence electrons. The summed E-state index contributed by atoms with van der Waals surface area (Å²) in [6, 6.07) is 10.6. The van der Waals surface area contributed by atoms with Gasteiger partial charge in [-0.25, -0.2) is 4.79 Å². The van der Waals surface area contributed by atoms with E-state index in [0.29, 0.717) is 11.3 Å². The van der Waals surface area contributed by atoms with E-state index >= 15 is 0 Å². The molecule has 3 atom stereocenters. The molecule has 6 heteroatoms. The van der Waals surface area contributed by atoms with Crippen LogP contribution in [0.4, 0.5) is 0 Å². The fourth-order valence-corrected chi connectivity index (χ4v) is 3.59. The van der Waals surface area contributed by atoms with Crippen molar-refractivity contribution < 1.29 is 23.8 Å². The SMILES string of the molecule is CC1=CC2(O)Oc3cc(C)oc(=O)c3C(c3ccccc3)C2C(=O)O1. The van der Waals surface area contributed by atoms with Crippen LogP contribution in [-0.2, 0) is 9.53 Å². The van der Waals surface area contributed by atoms with Crippen LogP contribution in [0.25, 0.3) is 0 Å². The van der Waals surface area contributed by atoms with Gasteiger partial charge in [0.1, 0.15) is 23.2 Å². The molecular formula is C19H16O6. The molecule has 1 aromatic heterocycles. The smallest absolute Gasteiger partial charge is 0.343 e. The molecule has 0 radical (unpaired) electrons. The number of hydrogen-bond donors (Lipinski definition) is 1. The quantitative estimate of drug-likeness (QED) is 0.801. The predicted molar refractivity (Wildman–Crippen MR) is 86.9 cm³/mol. The number of benzene rings is 1. The number of aryl methyl sites for hydroxylation is 1. The Labute approximate surface area is 143 Å². The first-order chi connectivity index (χ1) is 11.9. The summed E-state index contributed by atoms with van der Waals surface area (Å²) in [6.07, 6.45) is 1.36. The zero-order valence-corrected chi connectivity index (χ0v) is 13.7. The highest BCUT2D eigenvalue weighted by Crippen LogP contribution is 2.49. The minimum Gasteiger partial charge on any atom is -0.457 e. The molecule has 6 nitrogen and oxygen atoms in total. The van der Waals surface area contributed by atoms with Crippen LogP contribution in [-0.4, -0.2) is 16.9 Å². The molecule has 2 aliphatic heterocycles. The Morgan fingerprint density at radius 3 is 2.56 bits per heavy atom. The monoisotopic (exact) mass is 340 g/mol. The summed E-state index contributed by atoms with van der Waals surface area (Å²) in [7, 11) is 0. The van der Waals surface area contributed by atoms with Gasteiger partial charge in [0.25, 0.3) is 0 Å². The topological polar surface area (TPSA) is 86.0 Å². The number of rotatable bonds is 1. The summed E-state index contributed by atoms with van der Waals surface area (Å²) < 4.78 is 16.1. The van der Waals surface area contributed by atoms with E-state index in [4.69, 9.17) is 13.9 Å². The first kappa shape index (κ1) is 15.7. The molecule has 3 unspecified atom stereocenters. The highest BCUT2D eigenvalue weighted by Gasteiger charge is 2.56. The van der Waals surface area contributed by atoms with Crippen LogP contribution in [0.15, 0.2) is 57.4 Å². The van der Waals surface area contributed by atoms with Crippen LogP contribution in [0.2, 0.25) is 0 Å². The third-order valence-electron chi connectivity index (χ3n) is 4.52. The van der Waals surface area contributed by atoms with Gasteiger partial charge >= 0.3 is 11.6 Å². The Bertz CT molecular complexity index is 942. The highest BCUT2D eigenvalue weighted by atomic mass is 16.6. The van der Waals surface area contributed by atoms with E-state index < -0.39 is 29.2 Å². The maximum atomic E-state index is 12.6. The maximum absolute atomic E-state index is 12.6. The Kier molecular flexibility index (Phi) is 3.33. The Balaban J connectivity index is 2.03. The zero-order chi connectivity index (χ0) is 17.8. The van der Waals surface area contributed by atoms with Crippen LogP contribution >= 0.6 is 0 Å². The molecule has 25 heavy (non-hydrogen) atoms. The molecule has 2 aromatic rings. The van der Waals surface area contributed by atoms with Crippen LogP contribution < -0.4 is 10.4 Å². The summed E-state index contributed by atoms with van der Waals surface area (Å²) in [5.74, 6) is -3.59. The van der Waals surface area contributed by atoms with Gasteiger partial charge in [-0.1, -0.05) is 30.3 Å². The number of ether oxygens (including phenoxy) is 2. The molecule has 0 fully saturated rings. The second-order valence-corrected chi connectivity index (χ2v) is 6.32. The second-order valence-electron chi connectivity index (χ2n) is 6.32. The molecular weight excluding hydrogens is 324 g/mol. The fraction of sp³-hybridized carbons (Fsp3) is 0.263. The molecule has 0 bridgehead atoms. The van der Waals surface area contributed by atoms with Crippen molar-refractivity contribution in [3.8, 4) is 5.75 Å². The van der Waals surface area contributed by atoms with Gasteiger partial charge in [-0.05, 0) is 19.4 Å². The third-order valence-corrected chi connectivity index (χ3v) is 4.52. The molecule has 0 aliphatic carbocycles. The van der Waals surface area contributed by atoms with Gasteiger partial charge in [-0.2, -0.15) is 0 Å². The lowest BCUT2D eigenvalue weighted by Gasteiger charge is -2.43. The normalized spacial score (nSPS) is 27.5. The Morgan fingerprint density at radius 2 is 1.84 bits per heavy atom. The fourth-order valence-electron chi connectivity index (χ4n) is 3.59. The molecule has 3 heterocycles. The van der Waals surface area contributed by atoms with Gasteiger partial charge in [-0.15, -0.1) is 0 Å². The van der Waals surface area contributed by atoms with Crippen LogP contribution in [0, 0.1) is 12.8 Å². The largest absolute Gasteiger partial charge is 0.457 e. The molecule has 0 saturated heterocycles. The minimum atomic E-state index is -1.90. The number of cyclic esters (lactones) is 1. The lowest BCUT2D eigenvalue weighted by molar-refractivity contribution is -0.191. The minimum absolute atomic E-state index is 0.205. The van der Waals surface area contributed by atoms with Gasteiger partial charge in [0.05, 0.1) is 5.56 Å². The summed E-state index contributed by atoms with van der Waals surface area (Å²) in [5.41, 5.74) is 0.304. The molecule has 0 saturated carbocycles. The van der Waals surface area contributed by atoms with Crippen molar-refractivity contribution in [1.29, 1.82) is 0 Å². The second kappa shape index (κ2) is 5.32. The van der Waals surface area contributed by atoms with Crippen molar-refractivity contribution in [3.63, 3.8) is 0 Å². The molecule has 1 N–H and O–H groups in total. The van der Waals surface area contributed by atoms with Gasteiger partial charge < -0.3 is 19.0 Å². The molecule has 0 amide bonds. The van der Waals surface area contributed by atoms with Crippen LogP contribution in [0.3, 0.4) is 0 Å². The van der Waals surface area contributed by atoms with E-state index in [1.54, 1.807) is 44.2 Å². The molecule has 0 spiro atoms. The lowest BCUT2D eigenvalue weighted by atomic mass is 9.73. The number of carbonyl (C=O) groups is 1. The summed E-state index contributed by atoms with van der Waals surface area (Å²) in [4.78, 5) is 25.1. The average molecular weight is 340 g/mol. The first-order valence-electron chi connectivity index (χ1n) is 7.91. The summed E-state index contributed by atoms with van der Waals surface area (Å²) >= 11 is 0. The molecule has 2 aliphatic rings. The number of allylic oxidation sites excluding steroid dienone is 1. The van der Waals surface area contributed by atoms with E-state index in [2.05, 4.69) is 0 Å². The molecule has 1 aromatic carbocycles. The van der Waals surface area contributed by atoms with E-state index in [1.807, 2.05) is 6.07 Å². The third kappa shape index (κ3) is 2.37. The van der Waals surface area contributed by atoms with Crippen molar-refractivity contribution in [2.45, 2.75) is 25.6 Å². The predicted octanol–water partition coefficient (Wildman–Crippen LogP) is 2.24. The standard InChI is InChI=1S/C19H16O6/c1-10-8-13-15(17(20)23-10)14(12-6-4-3-5-7-12)16-18(21)24-11(2)9-19(16,22)25-13/h3-9,14,16,22H,1-2H3. The van der Waals surface area contributed by atoms with Crippen molar-refractivity contribution in [2.75, 3.05) is 0 Å². The number of fused-ring (bicyclic) bond motifs is 2. The number of esters is 1. The van der Waals surface area contributed by atoms with Gasteiger partial charge in [-0.3, -0.25) is 4.79 Å². The maximum Gasteiger partial charge on any atom is 0.343 e. The number of hydrogen-bond acceptors (Lipinski definition) is 6. The van der Waals surface area contributed by atoms with Crippen LogP contribution in [0.1, 0.15) is 29.7 Å². The Hall–Kier alpha value is -2.86. The van der Waals surface area contributed by atoms with Crippen molar-refractivity contribution >= 4 is 5.97 Å². The van der Waals surface area contributed by atoms with E-state index in [0.717, 1.165) is 0 Å². The summed E-state index contributed by atoms with van der Waals surface area (Å²) in [6.45, 7) is 3.18. The van der Waals surface area contributed by atoms with Gasteiger partial charge in [0, 0.05) is 18.1 Å². The van der Waals surface area contributed by atoms with Crippen molar-refractivity contribution in [3.05, 3.63) is 75.5 Å². The number of aliphatic hydroxyl groups is 1. The highest BCUT2D eigenvalue weighted by molar-refractivity contribution is 5.79. The molecule has 4 rings (SSSR count). The van der Waals surface area contributed by atoms with Crippen LogP contribution in [0.5, 0.6) is 5.75 Å². The zero-order valence-electron chi connectivity index (χ0n) is 13.7. The first-order valence-corrected chi connectivity index (χ1v) is 7.91. The lowest BCUT2D eigenvalue weighted by Crippen LogP contribution is -2.55. The van der Waals surface area contributed by atoms with E-state index in [-0.39, 0.29) is 17.1 Å². The van der Waals surface area contributed by atoms with E-state index in [9.17, 15) is 14.7 Å². The van der Waals surface area contributed by atoms with Gasteiger partial charge in [0.15, 0.2) is 0 Å².